The van der Waals surface area contributed by atoms with Crippen molar-refractivity contribution in [3.63, 3.8) is 0 Å². The highest BCUT2D eigenvalue weighted by Crippen LogP contribution is 2.23. The lowest BCUT2D eigenvalue weighted by Gasteiger charge is -2.22. The van der Waals surface area contributed by atoms with Crippen molar-refractivity contribution >= 4 is 32.6 Å². The molecule has 0 spiro atoms. The summed E-state index contributed by atoms with van der Waals surface area (Å²) in [6.45, 7) is 1.88. The van der Waals surface area contributed by atoms with Crippen LogP contribution >= 0.6 is 11.6 Å². The number of hydrogen-bond acceptors (Lipinski definition) is 4. The molecule has 0 saturated heterocycles. The van der Waals surface area contributed by atoms with Gasteiger partial charge >= 0.3 is 0 Å². The van der Waals surface area contributed by atoms with Gasteiger partial charge < -0.3 is 4.42 Å². The number of benzene rings is 3. The van der Waals surface area contributed by atoms with Crippen LogP contribution in [0.2, 0.25) is 5.02 Å². The summed E-state index contributed by atoms with van der Waals surface area (Å²) >= 11 is 5.93. The van der Waals surface area contributed by atoms with Gasteiger partial charge in [-0.1, -0.05) is 53.6 Å². The van der Waals surface area contributed by atoms with Crippen LogP contribution in [0.15, 0.2) is 93.2 Å². The highest BCUT2D eigenvalue weighted by molar-refractivity contribution is 7.89. The van der Waals surface area contributed by atoms with Crippen LogP contribution in [-0.4, -0.2) is 12.7 Å². The second kappa shape index (κ2) is 8.67. The van der Waals surface area contributed by atoms with E-state index < -0.39 is 10.0 Å². The van der Waals surface area contributed by atoms with Crippen molar-refractivity contribution in [3.05, 3.63) is 111 Å². The number of sulfonamides is 1. The maximum absolute atomic E-state index is 13.4. The van der Waals surface area contributed by atoms with Gasteiger partial charge in [0.05, 0.1) is 22.1 Å². The van der Waals surface area contributed by atoms with Crippen LogP contribution in [0.1, 0.15) is 16.7 Å². The molecule has 158 valence electrons. The molecule has 0 atom stereocenters. The van der Waals surface area contributed by atoms with Gasteiger partial charge in [-0.2, -0.15) is 4.31 Å². The predicted molar refractivity (Wildman–Crippen MR) is 122 cm³/mol. The van der Waals surface area contributed by atoms with Crippen molar-refractivity contribution in [1.29, 1.82) is 0 Å². The average molecular weight is 454 g/mol. The first-order valence-corrected chi connectivity index (χ1v) is 11.5. The van der Waals surface area contributed by atoms with Gasteiger partial charge in [0, 0.05) is 18.1 Å². The van der Waals surface area contributed by atoms with Crippen molar-refractivity contribution in [1.82, 2.24) is 4.31 Å². The largest absolute Gasteiger partial charge is 0.464 e. The lowest BCUT2D eigenvalue weighted by Crippen LogP contribution is -2.32. The Hall–Kier alpha value is -2.93. The van der Waals surface area contributed by atoms with Crippen LogP contribution in [0.5, 0.6) is 0 Å². The van der Waals surface area contributed by atoms with Gasteiger partial charge in [0.15, 0.2) is 5.43 Å². The lowest BCUT2D eigenvalue weighted by molar-refractivity contribution is 0.396. The van der Waals surface area contributed by atoms with Gasteiger partial charge in [0.2, 0.25) is 10.0 Å². The third-order valence-electron chi connectivity index (χ3n) is 5.00. The van der Waals surface area contributed by atoms with Crippen LogP contribution in [-0.2, 0) is 23.1 Å². The van der Waals surface area contributed by atoms with E-state index in [0.29, 0.717) is 16.0 Å². The number of fused-ring (bicyclic) bond motifs is 1. The molecule has 0 fully saturated rings. The summed E-state index contributed by atoms with van der Waals surface area (Å²) in [5.41, 5.74) is 2.23. The summed E-state index contributed by atoms with van der Waals surface area (Å²) < 4.78 is 33.8. The Morgan fingerprint density at radius 3 is 2.35 bits per heavy atom. The molecule has 3 aromatic carbocycles. The molecule has 0 saturated carbocycles. The molecule has 4 rings (SSSR count). The van der Waals surface area contributed by atoms with Crippen LogP contribution in [0, 0.1) is 6.92 Å². The maximum Gasteiger partial charge on any atom is 0.243 e. The SMILES string of the molecule is Cc1ccc2occ(CN(Cc3ccccc3)S(=O)(=O)c3ccc(Cl)cc3)c(=O)c2c1. The summed E-state index contributed by atoms with van der Waals surface area (Å²) in [5, 5.41) is 0.875. The van der Waals surface area contributed by atoms with Gasteiger partial charge in [-0.25, -0.2) is 8.42 Å². The Labute approximate surface area is 185 Å². The third kappa shape index (κ3) is 4.56. The minimum atomic E-state index is -3.90. The summed E-state index contributed by atoms with van der Waals surface area (Å²) in [6.07, 6.45) is 1.34. The van der Waals surface area contributed by atoms with Gasteiger partial charge in [-0.15, -0.1) is 0 Å². The molecular formula is C24H20ClNO4S. The van der Waals surface area contributed by atoms with Crippen LogP contribution in [0.3, 0.4) is 0 Å². The van der Waals surface area contributed by atoms with Crippen LogP contribution in [0.25, 0.3) is 11.0 Å². The molecule has 0 aliphatic rings. The maximum atomic E-state index is 13.4. The molecule has 0 N–H and O–H groups in total. The van der Waals surface area contributed by atoms with Crippen molar-refractivity contribution in [2.24, 2.45) is 0 Å². The number of hydrogen-bond donors (Lipinski definition) is 0. The van der Waals surface area contributed by atoms with Crippen molar-refractivity contribution in [2.45, 2.75) is 24.9 Å². The Kier molecular flexibility index (Phi) is 5.96. The minimum Gasteiger partial charge on any atom is -0.464 e. The highest BCUT2D eigenvalue weighted by atomic mass is 35.5. The molecule has 0 aliphatic carbocycles. The fourth-order valence-corrected chi connectivity index (χ4v) is 4.88. The number of halogens is 1. The van der Waals surface area contributed by atoms with Crippen LogP contribution in [0.4, 0.5) is 0 Å². The average Bonchev–Trinajstić information content (AvgIpc) is 2.76. The second-order valence-corrected chi connectivity index (χ2v) is 9.68. The molecule has 5 nitrogen and oxygen atoms in total. The molecule has 0 aliphatic heterocycles. The van der Waals surface area contributed by atoms with E-state index >= 15 is 0 Å². The van der Waals surface area contributed by atoms with Crippen molar-refractivity contribution in [2.75, 3.05) is 0 Å². The van der Waals surface area contributed by atoms with E-state index in [1.807, 2.05) is 43.3 Å². The summed E-state index contributed by atoms with van der Waals surface area (Å²) in [7, 11) is -3.90. The minimum absolute atomic E-state index is 0.105. The molecule has 0 unspecified atom stereocenters. The van der Waals surface area contributed by atoms with Gasteiger partial charge in [0.25, 0.3) is 0 Å². The quantitative estimate of drug-likeness (QED) is 0.405. The van der Waals surface area contributed by atoms with E-state index in [2.05, 4.69) is 0 Å². The molecule has 0 amide bonds. The van der Waals surface area contributed by atoms with Gasteiger partial charge in [-0.3, -0.25) is 4.79 Å². The smallest absolute Gasteiger partial charge is 0.243 e. The Bertz CT molecular complexity index is 1380. The zero-order chi connectivity index (χ0) is 22.0. The Balaban J connectivity index is 1.78. The summed E-state index contributed by atoms with van der Waals surface area (Å²) in [6, 6.07) is 20.6. The summed E-state index contributed by atoms with van der Waals surface area (Å²) in [4.78, 5) is 13.2. The molecule has 31 heavy (non-hydrogen) atoms. The Morgan fingerprint density at radius 1 is 0.935 bits per heavy atom. The number of nitrogens with zero attached hydrogens (tertiary/aromatic N) is 1. The molecule has 1 aromatic heterocycles. The standard InChI is InChI=1S/C24H20ClNO4S/c1-17-7-12-23-22(13-17)24(27)19(16-30-23)15-26(14-18-5-3-2-4-6-18)31(28,29)21-10-8-20(25)9-11-21/h2-13,16H,14-15H2,1H3. The van der Waals surface area contributed by atoms with E-state index in [4.69, 9.17) is 16.0 Å². The monoisotopic (exact) mass is 453 g/mol. The molecule has 1 heterocycles. The van der Waals surface area contributed by atoms with E-state index in [1.165, 1.54) is 34.8 Å². The fourth-order valence-electron chi connectivity index (χ4n) is 3.35. The van der Waals surface area contributed by atoms with E-state index in [0.717, 1.165) is 11.1 Å². The highest BCUT2D eigenvalue weighted by Gasteiger charge is 2.26. The van der Waals surface area contributed by atoms with E-state index in [1.54, 1.807) is 12.1 Å². The van der Waals surface area contributed by atoms with Crippen LogP contribution < -0.4 is 5.43 Å². The fraction of sp³-hybridized carbons (Fsp3) is 0.125. The van der Waals surface area contributed by atoms with Crippen molar-refractivity contribution < 1.29 is 12.8 Å². The lowest BCUT2D eigenvalue weighted by atomic mass is 10.1. The first kappa shape index (κ1) is 21.3. The Morgan fingerprint density at radius 2 is 1.65 bits per heavy atom. The van der Waals surface area contributed by atoms with E-state index in [-0.39, 0.29) is 29.0 Å². The normalized spacial score (nSPS) is 11.8. The first-order valence-electron chi connectivity index (χ1n) is 9.65. The number of aryl methyl sites for hydroxylation is 1. The topological polar surface area (TPSA) is 67.6 Å². The first-order chi connectivity index (χ1) is 14.8. The zero-order valence-electron chi connectivity index (χ0n) is 16.8. The molecule has 0 bridgehead atoms. The zero-order valence-corrected chi connectivity index (χ0v) is 18.4. The predicted octanol–water partition coefficient (Wildman–Crippen LogP) is 5.15. The van der Waals surface area contributed by atoms with Gasteiger partial charge in [-0.05, 0) is 48.9 Å². The van der Waals surface area contributed by atoms with Gasteiger partial charge in [0.1, 0.15) is 5.58 Å². The second-order valence-electron chi connectivity index (χ2n) is 7.30. The third-order valence-corrected chi connectivity index (χ3v) is 7.06. The summed E-state index contributed by atoms with van der Waals surface area (Å²) in [5.74, 6) is 0. The van der Waals surface area contributed by atoms with E-state index in [9.17, 15) is 13.2 Å². The molecule has 7 heteroatoms. The molecule has 0 radical (unpaired) electrons. The van der Waals surface area contributed by atoms with Crippen molar-refractivity contribution in [3.8, 4) is 0 Å². The number of rotatable bonds is 6. The molecular weight excluding hydrogens is 434 g/mol. The molecule has 4 aromatic rings.